The molecule has 1 aliphatic heterocycles. The summed E-state index contributed by atoms with van der Waals surface area (Å²) in [6, 6.07) is 9.66. The molecule has 4 atom stereocenters. The molecule has 8 heterocycles. The summed E-state index contributed by atoms with van der Waals surface area (Å²) in [5, 5.41) is 38.4. The number of thiazole rings is 6. The summed E-state index contributed by atoms with van der Waals surface area (Å²) in [7, 11) is 6.86. The molecule has 81 heavy (non-hydrogen) atoms. The molecular formula is C53H56N14O8S6. The molecule has 9 rings (SSSR count). The molecule has 0 aliphatic carbocycles. The van der Waals surface area contributed by atoms with E-state index < -0.39 is 54.4 Å². The van der Waals surface area contributed by atoms with Crippen LogP contribution in [0.4, 0.5) is 5.82 Å². The second-order valence-corrected chi connectivity index (χ2v) is 24.9. The van der Waals surface area contributed by atoms with E-state index in [1.807, 2.05) is 50.4 Å². The number of nitrogens with zero attached hydrogens (tertiary/aromatic N) is 8. The summed E-state index contributed by atoms with van der Waals surface area (Å²) < 4.78 is 5.45. The molecule has 28 heteroatoms. The zero-order valence-corrected chi connectivity index (χ0v) is 49.7. The summed E-state index contributed by atoms with van der Waals surface area (Å²) in [6.45, 7) is 5.77. The molecule has 0 spiro atoms. The standard InChI is InChI=1S/C53H56N14O8S6/c1-25(2)39-53-66-42(34(81-53)20-75-7)46(73)55-19-38(70)63-43(44(71)27-12-9-8-10-13-27)52-60-33(23-78-52)50-58-31(21-77-50)41-28(15-16-29(56-41)49-62-35(24-79-49)61-36(68)14-11-17-67(5)6)48-59-32(22-76-48)45(72)57-30(18-37(69)54-4)51-65-40(26(3)80-51)47(74)64-39/h8-10,12-13,15-16,21-25,30,39,43-44,71H,11,14,17-20H2,1-7H3,(H,54,69)(H,55,73)(H,57,72)(H,61,68)(H,63,70)(H,64,74)/t30-,39-,43-,44-/m0/s1. The van der Waals surface area contributed by atoms with Gasteiger partial charge in [0.2, 0.25) is 17.7 Å². The SMILES string of the molecule is CNC(=O)C[C@@H]1NC(=O)c2csc(n2)-c2ccc(-c3nc(NC(=O)CCCN(C)C)cs3)nc2-c2csc(n2)-c2csc(n2)[C@H]([C@@H](O)c2ccccc2)NC(=O)CNC(=O)c2nc(sc2COC)[C@H](C(C)C)NC(=O)c2nc1sc2C. The summed E-state index contributed by atoms with van der Waals surface area (Å²) >= 11 is 7.32. The van der Waals surface area contributed by atoms with Crippen LogP contribution >= 0.6 is 68.0 Å². The third-order valence-corrected chi connectivity index (χ3v) is 18.3. The second kappa shape index (κ2) is 26.2. The largest absolute Gasteiger partial charge is 0.386 e. The lowest BCUT2D eigenvalue weighted by Gasteiger charge is -2.23. The lowest BCUT2D eigenvalue weighted by Crippen LogP contribution is -2.40. The van der Waals surface area contributed by atoms with Gasteiger partial charge in [-0.05, 0) is 57.6 Å². The van der Waals surface area contributed by atoms with Crippen molar-refractivity contribution < 1.29 is 38.6 Å². The molecular weight excluding hydrogens is 1150 g/mol. The number of hydrogen-bond donors (Lipinski definition) is 7. The van der Waals surface area contributed by atoms with E-state index in [4.69, 9.17) is 39.6 Å². The van der Waals surface area contributed by atoms with E-state index in [1.165, 1.54) is 70.8 Å². The number of hydrogen-bond acceptors (Lipinski definition) is 22. The Morgan fingerprint density at radius 1 is 0.716 bits per heavy atom. The fraction of sp³-hybridized carbons (Fsp3) is 0.340. The predicted octanol–water partition coefficient (Wildman–Crippen LogP) is 7.59. The van der Waals surface area contributed by atoms with Gasteiger partial charge in [0.25, 0.3) is 17.7 Å². The molecule has 0 saturated heterocycles. The van der Waals surface area contributed by atoms with Crippen LogP contribution in [0.1, 0.15) is 119 Å². The van der Waals surface area contributed by atoms with Gasteiger partial charge >= 0.3 is 0 Å². The van der Waals surface area contributed by atoms with Crippen molar-refractivity contribution in [2.24, 2.45) is 5.92 Å². The number of aliphatic hydroxyl groups is 1. The summed E-state index contributed by atoms with van der Waals surface area (Å²) in [4.78, 5) is 119. The monoisotopic (exact) mass is 1210 g/mol. The number of benzene rings is 1. The molecule has 0 radical (unpaired) electrons. The van der Waals surface area contributed by atoms with Crippen LogP contribution in [0.25, 0.3) is 43.4 Å². The minimum Gasteiger partial charge on any atom is -0.386 e. The third-order valence-electron chi connectivity index (χ3n) is 12.5. The highest BCUT2D eigenvalue weighted by Crippen LogP contribution is 2.40. The lowest BCUT2D eigenvalue weighted by molar-refractivity contribution is -0.122. The number of fused-ring (bicyclic) bond motifs is 14. The Labute approximate surface area is 489 Å². The van der Waals surface area contributed by atoms with Gasteiger partial charge in [-0.15, -0.1) is 68.0 Å². The Kier molecular flexibility index (Phi) is 18.9. The number of amides is 6. The minimum absolute atomic E-state index is 0.00682. The van der Waals surface area contributed by atoms with Gasteiger partial charge < -0.3 is 46.6 Å². The zero-order valence-electron chi connectivity index (χ0n) is 44.8. The van der Waals surface area contributed by atoms with Gasteiger partial charge in [0, 0.05) is 52.5 Å². The quantitative estimate of drug-likeness (QED) is 0.0585. The smallest absolute Gasteiger partial charge is 0.271 e. The molecule has 6 amide bonds. The van der Waals surface area contributed by atoms with Crippen LogP contribution in [0, 0.1) is 12.8 Å². The van der Waals surface area contributed by atoms with E-state index in [0.29, 0.717) is 92.4 Å². The van der Waals surface area contributed by atoms with E-state index in [0.717, 1.165) is 17.9 Å². The van der Waals surface area contributed by atoms with E-state index in [-0.39, 0.29) is 47.8 Å². The third kappa shape index (κ3) is 14.0. The summed E-state index contributed by atoms with van der Waals surface area (Å²) in [5.74, 6) is -2.83. The Morgan fingerprint density at radius 3 is 2.19 bits per heavy atom. The maximum Gasteiger partial charge on any atom is 0.271 e. The van der Waals surface area contributed by atoms with Crippen molar-refractivity contribution in [1.82, 2.24) is 66.4 Å². The Balaban J connectivity index is 1.11. The molecule has 0 fully saturated rings. The van der Waals surface area contributed by atoms with Crippen LogP contribution in [-0.2, 0) is 25.7 Å². The summed E-state index contributed by atoms with van der Waals surface area (Å²) in [5.41, 5.74) is 2.94. The fourth-order valence-corrected chi connectivity index (χ4v) is 13.9. The number of ether oxygens (including phenoxy) is 1. The Hall–Kier alpha value is -7.15. The summed E-state index contributed by atoms with van der Waals surface area (Å²) in [6.07, 6.45) is -0.454. The highest BCUT2D eigenvalue weighted by molar-refractivity contribution is 7.15. The number of methoxy groups -OCH3 is 1. The molecule has 422 valence electrons. The average Bonchev–Trinajstić information content (AvgIpc) is 4.33. The van der Waals surface area contributed by atoms with Crippen molar-refractivity contribution in [2.75, 3.05) is 46.7 Å². The predicted molar refractivity (Wildman–Crippen MR) is 313 cm³/mol. The fourth-order valence-electron chi connectivity index (χ4n) is 8.40. The molecule has 10 bridgehead atoms. The van der Waals surface area contributed by atoms with Crippen LogP contribution in [0.15, 0.2) is 64.0 Å². The minimum atomic E-state index is -1.26. The highest BCUT2D eigenvalue weighted by Gasteiger charge is 2.33. The van der Waals surface area contributed by atoms with Crippen LogP contribution in [-0.4, -0.2) is 122 Å². The van der Waals surface area contributed by atoms with E-state index in [9.17, 15) is 33.9 Å². The molecule has 0 saturated carbocycles. The van der Waals surface area contributed by atoms with Crippen molar-refractivity contribution >= 4 is 109 Å². The maximum atomic E-state index is 14.3. The molecule has 1 aliphatic rings. The van der Waals surface area contributed by atoms with Crippen molar-refractivity contribution in [2.45, 2.75) is 70.9 Å². The van der Waals surface area contributed by atoms with E-state index in [1.54, 1.807) is 53.4 Å². The van der Waals surface area contributed by atoms with Crippen molar-refractivity contribution in [3.8, 4) is 43.4 Å². The molecule has 7 aromatic heterocycles. The highest BCUT2D eigenvalue weighted by atomic mass is 32.1. The number of rotatable bonds is 13. The zero-order chi connectivity index (χ0) is 57.5. The Morgan fingerprint density at radius 2 is 1.43 bits per heavy atom. The van der Waals surface area contributed by atoms with Crippen LogP contribution in [0.2, 0.25) is 0 Å². The van der Waals surface area contributed by atoms with Gasteiger partial charge in [-0.3, -0.25) is 28.8 Å². The first kappa shape index (κ1) is 58.5. The topological polar surface area (TPSA) is 298 Å². The number of nitrogens with one attached hydrogen (secondary N) is 6. The van der Waals surface area contributed by atoms with Gasteiger partial charge in [-0.1, -0.05) is 44.2 Å². The van der Waals surface area contributed by atoms with Crippen molar-refractivity contribution in [3.63, 3.8) is 0 Å². The first-order valence-electron chi connectivity index (χ1n) is 25.3. The maximum absolute atomic E-state index is 14.3. The molecule has 22 nitrogen and oxygen atoms in total. The van der Waals surface area contributed by atoms with E-state index in [2.05, 4.69) is 31.9 Å². The van der Waals surface area contributed by atoms with Crippen LogP contribution in [0.3, 0.4) is 0 Å². The number of carbonyl (C=O) groups is 6. The lowest BCUT2D eigenvalue weighted by atomic mass is 10.0. The van der Waals surface area contributed by atoms with Crippen LogP contribution < -0.4 is 31.9 Å². The van der Waals surface area contributed by atoms with Gasteiger partial charge in [0.1, 0.15) is 82.2 Å². The normalized spacial score (nSPS) is 16.5. The van der Waals surface area contributed by atoms with E-state index >= 15 is 0 Å². The van der Waals surface area contributed by atoms with Gasteiger partial charge in [0.05, 0.1) is 42.2 Å². The van der Waals surface area contributed by atoms with Crippen molar-refractivity contribution in [1.29, 1.82) is 0 Å². The number of pyridine rings is 1. The van der Waals surface area contributed by atoms with Gasteiger partial charge in [-0.2, -0.15) is 0 Å². The molecule has 1 aromatic carbocycles. The number of anilines is 1. The first-order chi connectivity index (χ1) is 39.0. The molecule has 8 aromatic rings. The van der Waals surface area contributed by atoms with Crippen molar-refractivity contribution in [3.05, 3.63) is 111 Å². The Bertz CT molecular complexity index is 3590. The number of aryl methyl sites for hydroxylation is 1. The first-order valence-corrected chi connectivity index (χ1v) is 30.5. The van der Waals surface area contributed by atoms with Gasteiger partial charge in [0.15, 0.2) is 0 Å². The average molecular weight is 1210 g/mol. The second-order valence-electron chi connectivity index (χ2n) is 19.1. The number of aliphatic hydroxyl groups excluding tert-OH is 1. The van der Waals surface area contributed by atoms with Crippen LogP contribution in [0.5, 0.6) is 0 Å². The number of aromatic nitrogens is 7. The number of carbonyl (C=O) groups excluding carboxylic acids is 6. The molecule has 0 unspecified atom stereocenters. The van der Waals surface area contributed by atoms with Gasteiger partial charge in [-0.25, -0.2) is 34.9 Å². The molecule has 7 N–H and O–H groups in total.